The molecule has 1 aromatic carbocycles. The molecule has 2 aromatic heterocycles. The first-order chi connectivity index (χ1) is 11.7. The fourth-order valence-electron chi connectivity index (χ4n) is 2.42. The molecule has 2 heterocycles. The molecule has 0 aliphatic rings. The van der Waals surface area contributed by atoms with Gasteiger partial charge in [-0.05, 0) is 24.0 Å². The summed E-state index contributed by atoms with van der Waals surface area (Å²) in [5.41, 5.74) is 1.13. The van der Waals surface area contributed by atoms with Crippen LogP contribution in [0, 0.1) is 18.6 Å². The molecule has 0 aliphatic heterocycles. The van der Waals surface area contributed by atoms with Gasteiger partial charge in [0, 0.05) is 24.4 Å². The molecule has 0 fully saturated rings. The fraction of sp³-hybridized carbons (Fsp3) is 0.263. The van der Waals surface area contributed by atoms with Gasteiger partial charge < -0.3 is 4.74 Å². The van der Waals surface area contributed by atoms with E-state index in [-0.39, 0.29) is 17.1 Å². The first-order valence-electron chi connectivity index (χ1n) is 7.90. The van der Waals surface area contributed by atoms with E-state index in [1.54, 1.807) is 31.3 Å². The van der Waals surface area contributed by atoms with E-state index in [0.29, 0.717) is 22.7 Å². The van der Waals surface area contributed by atoms with Gasteiger partial charge in [-0.1, -0.05) is 26.8 Å². The van der Waals surface area contributed by atoms with Crippen LogP contribution in [0.2, 0.25) is 0 Å². The Hall–Kier alpha value is -2.76. The summed E-state index contributed by atoms with van der Waals surface area (Å²) < 4.78 is 34.9. The normalized spacial score (nSPS) is 11.6. The molecule has 0 spiro atoms. The summed E-state index contributed by atoms with van der Waals surface area (Å²) in [5, 5.41) is 4.21. The van der Waals surface area contributed by atoms with E-state index < -0.39 is 5.82 Å². The minimum Gasteiger partial charge on any atom is -0.437 e. The number of hydrogen-bond acceptors (Lipinski definition) is 3. The number of benzene rings is 1. The van der Waals surface area contributed by atoms with Gasteiger partial charge in [0.2, 0.25) is 5.88 Å². The lowest BCUT2D eigenvalue weighted by Crippen LogP contribution is -2.13. The maximum absolute atomic E-state index is 14.2. The summed E-state index contributed by atoms with van der Waals surface area (Å²) in [5.74, 6) is -0.0996. The number of ether oxygens (including phenoxy) is 1. The van der Waals surface area contributed by atoms with Crippen LogP contribution in [-0.4, -0.2) is 14.8 Å². The van der Waals surface area contributed by atoms with E-state index in [0.717, 1.165) is 0 Å². The predicted octanol–water partition coefficient (Wildman–Crippen LogP) is 4.94. The van der Waals surface area contributed by atoms with Crippen LogP contribution in [-0.2, 0) is 5.41 Å². The first-order valence-corrected chi connectivity index (χ1v) is 7.90. The van der Waals surface area contributed by atoms with Gasteiger partial charge >= 0.3 is 0 Å². The topological polar surface area (TPSA) is 39.9 Å². The Morgan fingerprint density at radius 1 is 1.04 bits per heavy atom. The molecule has 6 heteroatoms. The van der Waals surface area contributed by atoms with Gasteiger partial charge in [-0.3, -0.25) is 4.98 Å². The van der Waals surface area contributed by atoms with Crippen molar-refractivity contribution in [2.75, 3.05) is 0 Å². The van der Waals surface area contributed by atoms with Gasteiger partial charge in [-0.25, -0.2) is 13.5 Å². The maximum Gasteiger partial charge on any atom is 0.238 e. The monoisotopic (exact) mass is 343 g/mol. The highest BCUT2D eigenvalue weighted by atomic mass is 19.1. The summed E-state index contributed by atoms with van der Waals surface area (Å²) in [7, 11) is 0. The highest BCUT2D eigenvalue weighted by molar-refractivity contribution is 5.35. The molecule has 0 bridgehead atoms. The molecule has 130 valence electrons. The zero-order valence-corrected chi connectivity index (χ0v) is 14.5. The van der Waals surface area contributed by atoms with Crippen molar-refractivity contribution in [2.45, 2.75) is 33.1 Å². The molecule has 0 saturated carbocycles. The molecule has 0 radical (unpaired) electrons. The van der Waals surface area contributed by atoms with Crippen molar-refractivity contribution in [3.8, 4) is 17.3 Å². The SMILES string of the molecule is Cc1ncc(-n2ccc(Oc3ccc(C(C)(C)C)c(F)c3)n2)cc1F. The Morgan fingerprint density at radius 3 is 2.44 bits per heavy atom. The molecule has 0 aliphatic carbocycles. The van der Waals surface area contributed by atoms with E-state index in [9.17, 15) is 8.78 Å². The van der Waals surface area contributed by atoms with Crippen LogP contribution in [0.4, 0.5) is 8.78 Å². The molecule has 3 rings (SSSR count). The van der Waals surface area contributed by atoms with Gasteiger partial charge in [-0.15, -0.1) is 5.10 Å². The van der Waals surface area contributed by atoms with Gasteiger partial charge in [0.1, 0.15) is 17.4 Å². The average molecular weight is 343 g/mol. The Labute approximate surface area is 145 Å². The summed E-state index contributed by atoms with van der Waals surface area (Å²) in [4.78, 5) is 3.97. The van der Waals surface area contributed by atoms with Gasteiger partial charge in [-0.2, -0.15) is 0 Å². The third-order valence-corrected chi connectivity index (χ3v) is 3.81. The minimum absolute atomic E-state index is 0.281. The van der Waals surface area contributed by atoms with E-state index in [4.69, 9.17) is 4.74 Å². The number of aryl methyl sites for hydroxylation is 1. The second-order valence-corrected chi connectivity index (χ2v) is 6.85. The molecule has 25 heavy (non-hydrogen) atoms. The zero-order valence-electron chi connectivity index (χ0n) is 14.5. The lowest BCUT2D eigenvalue weighted by atomic mass is 9.87. The van der Waals surface area contributed by atoms with Crippen LogP contribution in [0.5, 0.6) is 11.6 Å². The quantitative estimate of drug-likeness (QED) is 0.676. The Bertz CT molecular complexity index is 913. The van der Waals surface area contributed by atoms with Gasteiger partial charge in [0.25, 0.3) is 0 Å². The predicted molar refractivity (Wildman–Crippen MR) is 91.2 cm³/mol. The average Bonchev–Trinajstić information content (AvgIpc) is 2.97. The third-order valence-electron chi connectivity index (χ3n) is 3.81. The summed E-state index contributed by atoms with van der Waals surface area (Å²) in [6, 6.07) is 7.72. The summed E-state index contributed by atoms with van der Waals surface area (Å²) in [6.07, 6.45) is 3.15. The first kappa shape index (κ1) is 17.1. The second-order valence-electron chi connectivity index (χ2n) is 6.85. The molecule has 4 nitrogen and oxygen atoms in total. The molecule has 0 atom stereocenters. The lowest BCUT2D eigenvalue weighted by molar-refractivity contribution is 0.448. The molecule has 0 unspecified atom stereocenters. The number of pyridine rings is 1. The summed E-state index contributed by atoms with van der Waals surface area (Å²) in [6.45, 7) is 7.43. The molecule has 0 N–H and O–H groups in total. The van der Waals surface area contributed by atoms with Crippen molar-refractivity contribution in [3.63, 3.8) is 0 Å². The van der Waals surface area contributed by atoms with Crippen molar-refractivity contribution in [3.05, 3.63) is 65.6 Å². The van der Waals surface area contributed by atoms with Gasteiger partial charge in [0.05, 0.1) is 17.6 Å². The van der Waals surface area contributed by atoms with Crippen LogP contribution >= 0.6 is 0 Å². The van der Waals surface area contributed by atoms with E-state index >= 15 is 0 Å². The number of aromatic nitrogens is 3. The van der Waals surface area contributed by atoms with Crippen molar-refractivity contribution in [1.82, 2.24) is 14.8 Å². The van der Waals surface area contributed by atoms with E-state index in [1.807, 2.05) is 20.8 Å². The molecular formula is C19H19F2N3O. The Morgan fingerprint density at radius 2 is 1.80 bits per heavy atom. The van der Waals surface area contributed by atoms with Crippen LogP contribution in [0.25, 0.3) is 5.69 Å². The second kappa shape index (κ2) is 6.27. The zero-order chi connectivity index (χ0) is 18.2. The molecule has 3 aromatic rings. The molecule has 0 amide bonds. The van der Waals surface area contributed by atoms with Gasteiger partial charge in [0.15, 0.2) is 0 Å². The fourth-order valence-corrected chi connectivity index (χ4v) is 2.42. The number of nitrogens with zero attached hydrogens (tertiary/aromatic N) is 3. The standard InChI is InChI=1S/C19H19F2N3O/c1-12-16(20)9-13(11-22-12)24-8-7-18(23-24)25-14-5-6-15(17(21)10-14)19(2,3)4/h5-11H,1-4H3. The van der Waals surface area contributed by atoms with Crippen molar-refractivity contribution in [1.29, 1.82) is 0 Å². The van der Waals surface area contributed by atoms with E-state index in [2.05, 4.69) is 10.1 Å². The van der Waals surface area contributed by atoms with Crippen molar-refractivity contribution >= 4 is 0 Å². The lowest BCUT2D eigenvalue weighted by Gasteiger charge is -2.20. The van der Waals surface area contributed by atoms with Crippen molar-refractivity contribution < 1.29 is 13.5 Å². The minimum atomic E-state index is -0.407. The molecular weight excluding hydrogens is 324 g/mol. The van der Waals surface area contributed by atoms with Crippen LogP contribution in [0.15, 0.2) is 42.7 Å². The Balaban J connectivity index is 1.82. The van der Waals surface area contributed by atoms with Crippen LogP contribution < -0.4 is 4.74 Å². The summed E-state index contributed by atoms with van der Waals surface area (Å²) >= 11 is 0. The highest BCUT2D eigenvalue weighted by Crippen LogP contribution is 2.29. The molecule has 0 saturated heterocycles. The largest absolute Gasteiger partial charge is 0.437 e. The number of hydrogen-bond donors (Lipinski definition) is 0. The number of rotatable bonds is 3. The smallest absolute Gasteiger partial charge is 0.238 e. The van der Waals surface area contributed by atoms with Crippen LogP contribution in [0.3, 0.4) is 0 Å². The third kappa shape index (κ3) is 3.68. The number of halogens is 2. The highest BCUT2D eigenvalue weighted by Gasteiger charge is 2.19. The van der Waals surface area contributed by atoms with Crippen molar-refractivity contribution in [2.24, 2.45) is 0 Å². The van der Waals surface area contributed by atoms with Crippen LogP contribution in [0.1, 0.15) is 32.0 Å². The van der Waals surface area contributed by atoms with E-state index in [1.165, 1.54) is 23.0 Å². The maximum atomic E-state index is 14.2. The Kier molecular flexibility index (Phi) is 4.29.